The molecular formula is C16H24. The first-order valence-electron chi connectivity index (χ1n) is 7.11. The van der Waals surface area contributed by atoms with Crippen LogP contribution < -0.4 is 0 Å². The van der Waals surface area contributed by atoms with Gasteiger partial charge in [-0.15, -0.1) is 0 Å². The number of hydrogen-bond acceptors (Lipinski definition) is 0. The molecule has 88 valence electrons. The third-order valence-corrected chi connectivity index (χ3v) is 7.30. The highest BCUT2D eigenvalue weighted by Crippen LogP contribution is 2.85. The SMILES string of the molecule is CC1=C(C)C2(C34CCC(C)(C)C3C4)CC1C2. The van der Waals surface area contributed by atoms with Crippen LogP contribution in [0.5, 0.6) is 0 Å². The van der Waals surface area contributed by atoms with Crippen molar-refractivity contribution in [2.45, 2.75) is 59.8 Å². The van der Waals surface area contributed by atoms with Gasteiger partial charge in [0.15, 0.2) is 0 Å². The van der Waals surface area contributed by atoms with Gasteiger partial charge in [0, 0.05) is 0 Å². The molecule has 0 radical (unpaired) electrons. The van der Waals surface area contributed by atoms with Gasteiger partial charge in [-0.25, -0.2) is 0 Å². The van der Waals surface area contributed by atoms with Gasteiger partial charge in [-0.2, -0.15) is 0 Å². The fourth-order valence-electron chi connectivity index (χ4n) is 5.95. The average molecular weight is 216 g/mol. The second kappa shape index (κ2) is 2.31. The lowest BCUT2D eigenvalue weighted by atomic mass is 9.56. The van der Waals surface area contributed by atoms with Crippen molar-refractivity contribution in [2.24, 2.45) is 28.1 Å². The maximum Gasteiger partial charge on any atom is -0.00174 e. The molecule has 3 fully saturated rings. The molecule has 0 aromatic heterocycles. The molecule has 0 N–H and O–H groups in total. The van der Waals surface area contributed by atoms with Crippen LogP contribution in [0, 0.1) is 28.1 Å². The van der Waals surface area contributed by atoms with Crippen LogP contribution in [0.4, 0.5) is 0 Å². The maximum atomic E-state index is 2.51. The zero-order valence-corrected chi connectivity index (χ0v) is 11.2. The molecule has 5 rings (SSSR count). The molecule has 2 bridgehead atoms. The molecule has 2 unspecified atom stereocenters. The summed E-state index contributed by atoms with van der Waals surface area (Å²) in [6, 6.07) is 0. The normalized spacial score (nSPS) is 56.2. The molecule has 0 nitrogen and oxygen atoms in total. The van der Waals surface area contributed by atoms with Crippen molar-refractivity contribution in [3.8, 4) is 0 Å². The van der Waals surface area contributed by atoms with Crippen molar-refractivity contribution in [3.63, 3.8) is 0 Å². The largest absolute Gasteiger partial charge is 0.0706 e. The van der Waals surface area contributed by atoms with Crippen LogP contribution in [-0.4, -0.2) is 0 Å². The number of allylic oxidation sites excluding steroid dienone is 2. The number of fused-ring (bicyclic) bond motifs is 1. The van der Waals surface area contributed by atoms with E-state index in [1.807, 2.05) is 5.57 Å². The topological polar surface area (TPSA) is 0 Å². The molecule has 2 atom stereocenters. The molecule has 5 aliphatic rings. The summed E-state index contributed by atoms with van der Waals surface area (Å²) in [7, 11) is 0. The summed E-state index contributed by atoms with van der Waals surface area (Å²) in [4.78, 5) is 0. The Bertz CT molecular complexity index is 406. The van der Waals surface area contributed by atoms with Crippen molar-refractivity contribution >= 4 is 0 Å². The van der Waals surface area contributed by atoms with Crippen molar-refractivity contribution in [3.05, 3.63) is 11.1 Å². The first-order valence-corrected chi connectivity index (χ1v) is 7.11. The van der Waals surface area contributed by atoms with Crippen molar-refractivity contribution in [1.29, 1.82) is 0 Å². The Morgan fingerprint density at radius 2 is 1.69 bits per heavy atom. The van der Waals surface area contributed by atoms with E-state index < -0.39 is 0 Å². The van der Waals surface area contributed by atoms with Crippen LogP contribution in [0.1, 0.15) is 59.8 Å². The van der Waals surface area contributed by atoms with E-state index in [-0.39, 0.29) is 0 Å². The highest BCUT2D eigenvalue weighted by atomic mass is 14.8. The van der Waals surface area contributed by atoms with Gasteiger partial charge in [0.05, 0.1) is 0 Å². The second-order valence-electron chi connectivity index (χ2n) is 7.90. The Hall–Kier alpha value is -0.260. The maximum absolute atomic E-state index is 2.51. The van der Waals surface area contributed by atoms with E-state index in [2.05, 4.69) is 27.7 Å². The van der Waals surface area contributed by atoms with Gasteiger partial charge < -0.3 is 0 Å². The standard InChI is InChI=1S/C16H24/c1-10-11(2)16(7-12(10)8-16)15-6-5-14(3,4)13(15)9-15/h12-13H,5-9H2,1-4H3. The van der Waals surface area contributed by atoms with E-state index in [0.717, 1.165) is 17.3 Å². The average Bonchev–Trinajstić information content (AvgIpc) is 2.70. The Labute approximate surface area is 99.5 Å². The van der Waals surface area contributed by atoms with E-state index in [1.165, 1.54) is 25.7 Å². The molecule has 0 aromatic rings. The van der Waals surface area contributed by atoms with Crippen LogP contribution in [0.3, 0.4) is 0 Å². The summed E-state index contributed by atoms with van der Waals surface area (Å²) in [5.74, 6) is 2.04. The van der Waals surface area contributed by atoms with Crippen LogP contribution in [-0.2, 0) is 0 Å². The molecule has 5 aliphatic carbocycles. The lowest BCUT2D eigenvalue weighted by Crippen LogP contribution is -2.40. The Kier molecular flexibility index (Phi) is 1.40. The Morgan fingerprint density at radius 1 is 1.00 bits per heavy atom. The molecule has 0 saturated heterocycles. The molecule has 0 aliphatic heterocycles. The van der Waals surface area contributed by atoms with E-state index >= 15 is 0 Å². The highest BCUT2D eigenvalue weighted by molar-refractivity contribution is 5.43. The van der Waals surface area contributed by atoms with Gasteiger partial charge in [0.2, 0.25) is 0 Å². The highest BCUT2D eigenvalue weighted by Gasteiger charge is 2.77. The summed E-state index contributed by atoms with van der Waals surface area (Å²) in [6.07, 6.45) is 7.62. The van der Waals surface area contributed by atoms with Crippen molar-refractivity contribution < 1.29 is 0 Å². The summed E-state index contributed by atoms with van der Waals surface area (Å²) in [5, 5.41) is 0. The summed E-state index contributed by atoms with van der Waals surface area (Å²) in [6.45, 7) is 9.89. The zero-order chi connectivity index (χ0) is 11.3. The summed E-state index contributed by atoms with van der Waals surface area (Å²) >= 11 is 0. The van der Waals surface area contributed by atoms with Gasteiger partial charge >= 0.3 is 0 Å². The van der Waals surface area contributed by atoms with Crippen LogP contribution in [0.15, 0.2) is 11.1 Å². The summed E-state index contributed by atoms with van der Waals surface area (Å²) in [5.41, 5.74) is 5.70. The van der Waals surface area contributed by atoms with Gasteiger partial charge in [-0.3, -0.25) is 0 Å². The molecular weight excluding hydrogens is 192 g/mol. The van der Waals surface area contributed by atoms with Crippen LogP contribution in [0.2, 0.25) is 0 Å². The molecule has 0 spiro atoms. The zero-order valence-electron chi connectivity index (χ0n) is 11.2. The number of rotatable bonds is 1. The predicted molar refractivity (Wildman–Crippen MR) is 67.1 cm³/mol. The smallest absolute Gasteiger partial charge is 0.00174 e. The van der Waals surface area contributed by atoms with Gasteiger partial charge in [0.25, 0.3) is 0 Å². The third kappa shape index (κ3) is 0.744. The van der Waals surface area contributed by atoms with E-state index in [4.69, 9.17) is 0 Å². The Balaban J connectivity index is 1.76. The van der Waals surface area contributed by atoms with Crippen molar-refractivity contribution in [2.75, 3.05) is 0 Å². The molecule has 0 heterocycles. The first-order chi connectivity index (χ1) is 7.43. The summed E-state index contributed by atoms with van der Waals surface area (Å²) < 4.78 is 0. The van der Waals surface area contributed by atoms with E-state index in [9.17, 15) is 0 Å². The molecule has 0 amide bonds. The minimum atomic E-state index is 0.649. The fraction of sp³-hybridized carbons (Fsp3) is 0.875. The van der Waals surface area contributed by atoms with Crippen LogP contribution in [0.25, 0.3) is 0 Å². The predicted octanol–water partition coefficient (Wildman–Crippen LogP) is 4.56. The van der Waals surface area contributed by atoms with E-state index in [1.54, 1.807) is 12.0 Å². The monoisotopic (exact) mass is 216 g/mol. The molecule has 3 saturated carbocycles. The lowest BCUT2D eigenvalue weighted by molar-refractivity contribution is 0.0529. The van der Waals surface area contributed by atoms with Gasteiger partial charge in [0.1, 0.15) is 0 Å². The second-order valence-corrected chi connectivity index (χ2v) is 7.90. The van der Waals surface area contributed by atoms with Gasteiger partial charge in [-0.1, -0.05) is 25.0 Å². The van der Waals surface area contributed by atoms with Gasteiger partial charge in [-0.05, 0) is 74.0 Å². The number of hydrogen-bond donors (Lipinski definition) is 0. The van der Waals surface area contributed by atoms with Crippen molar-refractivity contribution in [1.82, 2.24) is 0 Å². The third-order valence-electron chi connectivity index (χ3n) is 7.30. The Morgan fingerprint density at radius 3 is 2.06 bits per heavy atom. The van der Waals surface area contributed by atoms with Crippen LogP contribution >= 0.6 is 0 Å². The minimum Gasteiger partial charge on any atom is -0.0706 e. The fourth-order valence-corrected chi connectivity index (χ4v) is 5.95. The molecule has 0 heteroatoms. The lowest BCUT2D eigenvalue weighted by Gasteiger charge is -2.48. The van der Waals surface area contributed by atoms with E-state index in [0.29, 0.717) is 10.8 Å². The quantitative estimate of drug-likeness (QED) is 0.564. The molecule has 16 heavy (non-hydrogen) atoms. The molecule has 0 aromatic carbocycles. The first kappa shape index (κ1) is 9.74. The minimum absolute atomic E-state index is 0.649.